The van der Waals surface area contributed by atoms with Gasteiger partial charge in [0.15, 0.2) is 0 Å². The molecule has 286 valence electrons. The first-order chi connectivity index (χ1) is 25.9. The number of ether oxygens (including phenoxy) is 1. The van der Waals surface area contributed by atoms with Crippen molar-refractivity contribution in [1.82, 2.24) is 30.7 Å². The van der Waals surface area contributed by atoms with Crippen LogP contribution in [0, 0.1) is 18.3 Å². The molecule has 0 aromatic heterocycles. The summed E-state index contributed by atoms with van der Waals surface area (Å²) in [7, 11) is 1.42. The monoisotopic (exact) mass is 741 g/mol. The third kappa shape index (κ3) is 9.35. The number of nitrogens with zero attached hydrogens (tertiary/aromatic N) is 3. The highest BCUT2D eigenvalue weighted by Gasteiger charge is 2.45. The van der Waals surface area contributed by atoms with Crippen LogP contribution in [0.1, 0.15) is 45.1 Å². The third-order valence-electron chi connectivity index (χ3n) is 9.99. The summed E-state index contributed by atoms with van der Waals surface area (Å²) in [4.78, 5) is 100. The van der Waals surface area contributed by atoms with Crippen LogP contribution in [0.2, 0.25) is 0 Å². The molecule has 4 N–H and O–H groups in total. The van der Waals surface area contributed by atoms with E-state index in [1.165, 1.54) is 28.7 Å². The summed E-state index contributed by atoms with van der Waals surface area (Å²) < 4.78 is 5.70. The minimum absolute atomic E-state index is 0.0546. The summed E-state index contributed by atoms with van der Waals surface area (Å²) in [6, 6.07) is 10.1. The Morgan fingerprint density at radius 2 is 1.63 bits per heavy atom. The van der Waals surface area contributed by atoms with Crippen LogP contribution in [0.5, 0.6) is 0 Å². The van der Waals surface area contributed by atoms with E-state index in [1.54, 1.807) is 54.6 Å². The first-order valence-electron chi connectivity index (χ1n) is 18.1. The number of urea groups is 1. The number of nitrogens with one attached hydrogen (secondary N) is 4. The zero-order chi connectivity index (χ0) is 38.9. The summed E-state index contributed by atoms with van der Waals surface area (Å²) in [6.45, 7) is 3.13. The topological polar surface area (TPSA) is 187 Å². The minimum atomic E-state index is -1.47. The molecule has 15 nitrogen and oxygen atoms in total. The van der Waals surface area contributed by atoms with Crippen LogP contribution in [0.15, 0.2) is 60.7 Å². The summed E-state index contributed by atoms with van der Waals surface area (Å²) >= 11 is 0. The molecule has 0 radical (unpaired) electrons. The van der Waals surface area contributed by atoms with E-state index in [1.807, 2.05) is 13.0 Å². The Morgan fingerprint density at radius 3 is 2.31 bits per heavy atom. The van der Waals surface area contributed by atoms with Crippen molar-refractivity contribution in [3.63, 3.8) is 0 Å². The van der Waals surface area contributed by atoms with Gasteiger partial charge in [0.2, 0.25) is 29.5 Å². The molecule has 15 heteroatoms. The lowest BCUT2D eigenvalue weighted by Crippen LogP contribution is -2.60. The number of hydrogen-bond acceptors (Lipinski definition) is 8. The van der Waals surface area contributed by atoms with Crippen LogP contribution in [-0.2, 0) is 39.9 Å². The van der Waals surface area contributed by atoms with Crippen LogP contribution in [0.3, 0.4) is 0 Å². The molecule has 2 aromatic rings. The second-order valence-corrected chi connectivity index (χ2v) is 14.0. The third-order valence-corrected chi connectivity index (χ3v) is 9.99. The second-order valence-electron chi connectivity index (χ2n) is 14.0. The Balaban J connectivity index is 1.46. The molecule has 54 heavy (non-hydrogen) atoms. The van der Waals surface area contributed by atoms with E-state index in [0.717, 1.165) is 5.56 Å². The summed E-state index contributed by atoms with van der Waals surface area (Å²) in [5, 5.41) is 10.7. The second kappa shape index (κ2) is 17.7. The number of para-hydroxylation sites is 1. The van der Waals surface area contributed by atoms with Gasteiger partial charge < -0.3 is 40.7 Å². The van der Waals surface area contributed by atoms with Crippen molar-refractivity contribution in [1.29, 1.82) is 0 Å². The molecule has 3 aliphatic rings. The molecule has 0 bridgehead atoms. The van der Waals surface area contributed by atoms with E-state index in [9.17, 15) is 33.6 Å². The summed E-state index contributed by atoms with van der Waals surface area (Å²) in [5.74, 6) is -1.62. The van der Waals surface area contributed by atoms with Gasteiger partial charge >= 0.3 is 12.0 Å². The number of esters is 1. The van der Waals surface area contributed by atoms with E-state index in [-0.39, 0.29) is 44.7 Å². The van der Waals surface area contributed by atoms with E-state index in [2.05, 4.69) is 27.2 Å². The van der Waals surface area contributed by atoms with Crippen LogP contribution in [-0.4, -0.2) is 119 Å². The Morgan fingerprint density at radius 1 is 0.944 bits per heavy atom. The maximum atomic E-state index is 14.4. The van der Waals surface area contributed by atoms with Gasteiger partial charge in [-0.15, -0.1) is 12.3 Å². The number of rotatable bonds is 7. The summed E-state index contributed by atoms with van der Waals surface area (Å²) in [6.07, 6.45) is 6.49. The van der Waals surface area contributed by atoms with Gasteiger partial charge in [0.1, 0.15) is 42.9 Å². The van der Waals surface area contributed by atoms with Crippen molar-refractivity contribution in [2.45, 2.75) is 82.2 Å². The van der Waals surface area contributed by atoms with Gasteiger partial charge in [0, 0.05) is 38.7 Å². The van der Waals surface area contributed by atoms with Crippen molar-refractivity contribution in [3.05, 3.63) is 66.2 Å². The van der Waals surface area contributed by atoms with Gasteiger partial charge in [-0.3, -0.25) is 24.0 Å². The fourth-order valence-electron chi connectivity index (χ4n) is 7.14. The molecule has 3 aliphatic heterocycles. The molecule has 7 unspecified atom stereocenters. The van der Waals surface area contributed by atoms with E-state index in [4.69, 9.17) is 11.2 Å². The lowest BCUT2D eigenvalue weighted by molar-refractivity contribution is -0.158. The van der Waals surface area contributed by atoms with Crippen LogP contribution in [0.25, 0.3) is 0 Å². The number of carbonyl (C=O) groups is 7. The quantitative estimate of drug-likeness (QED) is 0.240. The molecule has 3 saturated heterocycles. The zero-order valence-corrected chi connectivity index (χ0v) is 30.7. The molecule has 0 aliphatic carbocycles. The molecule has 7 amide bonds. The van der Waals surface area contributed by atoms with Crippen molar-refractivity contribution in [2.24, 2.45) is 5.92 Å². The number of anilines is 1. The summed E-state index contributed by atoms with van der Waals surface area (Å²) in [5.41, 5.74) is 1.22. The standard InChI is InChI=1S/C39H47N7O8/c1-5-13-30-34(48)40-25(3)35(49)46-22-24(2)20-32(46)38(52)54-23-29(36(50)45-19-12-18-31(45)37(51)44(30)4)42-33(47)28(21-26-14-8-6-9-15-26)43-39(53)41-27-16-10-7-11-17-27/h1,6-11,14-17,24-25,28-32H,12-13,18-23H2,2-4H3,(H,40,48)(H,42,47)(H2,41,43,53). The first kappa shape index (κ1) is 39.3. The van der Waals surface area contributed by atoms with Crippen LogP contribution < -0.4 is 21.3 Å². The van der Waals surface area contributed by atoms with Crippen molar-refractivity contribution in [3.8, 4) is 12.3 Å². The minimum Gasteiger partial charge on any atom is -0.461 e. The average molecular weight is 742 g/mol. The lowest BCUT2D eigenvalue weighted by atomic mass is 10.0. The average Bonchev–Trinajstić information content (AvgIpc) is 3.81. The van der Waals surface area contributed by atoms with Crippen molar-refractivity contribution < 1.29 is 38.3 Å². The Labute approximate surface area is 314 Å². The highest BCUT2D eigenvalue weighted by Crippen LogP contribution is 2.26. The number of likely N-dealkylation sites (N-methyl/N-ethyl adjacent to an activating group) is 1. The molecule has 0 spiro atoms. The normalized spacial score (nSPS) is 25.8. The zero-order valence-electron chi connectivity index (χ0n) is 30.7. The van der Waals surface area contributed by atoms with Crippen molar-refractivity contribution >= 4 is 47.2 Å². The van der Waals surface area contributed by atoms with Crippen LogP contribution in [0.4, 0.5) is 10.5 Å². The fourth-order valence-corrected chi connectivity index (χ4v) is 7.14. The van der Waals surface area contributed by atoms with E-state index in [0.29, 0.717) is 12.1 Å². The molecule has 5 rings (SSSR count). The smallest absolute Gasteiger partial charge is 0.328 e. The molecular formula is C39H47N7O8. The number of carbonyl (C=O) groups excluding carboxylic acids is 7. The van der Waals surface area contributed by atoms with Crippen LogP contribution >= 0.6 is 0 Å². The number of amides is 7. The van der Waals surface area contributed by atoms with Crippen molar-refractivity contribution in [2.75, 3.05) is 32.1 Å². The maximum Gasteiger partial charge on any atom is 0.328 e. The fraction of sp³-hybridized carbons (Fsp3) is 0.462. The number of benzene rings is 2. The number of terminal acetylenes is 1. The molecule has 2 aromatic carbocycles. The highest BCUT2D eigenvalue weighted by atomic mass is 16.5. The largest absolute Gasteiger partial charge is 0.461 e. The highest BCUT2D eigenvalue weighted by molar-refractivity contribution is 5.98. The van der Waals surface area contributed by atoms with Gasteiger partial charge in [0.05, 0.1) is 0 Å². The van der Waals surface area contributed by atoms with Gasteiger partial charge in [-0.1, -0.05) is 55.5 Å². The number of fused-ring (bicyclic) bond motifs is 2. The lowest BCUT2D eigenvalue weighted by Gasteiger charge is -2.35. The predicted octanol–water partition coefficient (Wildman–Crippen LogP) is 1.04. The molecule has 3 heterocycles. The Bertz CT molecular complexity index is 1770. The molecule has 7 atom stereocenters. The van der Waals surface area contributed by atoms with E-state index >= 15 is 0 Å². The molecule has 3 fully saturated rings. The van der Waals surface area contributed by atoms with Gasteiger partial charge in [-0.2, -0.15) is 0 Å². The maximum absolute atomic E-state index is 14.4. The molecular weight excluding hydrogens is 694 g/mol. The van der Waals surface area contributed by atoms with E-state index < -0.39 is 84.4 Å². The van der Waals surface area contributed by atoms with Gasteiger partial charge in [-0.05, 0) is 49.8 Å². The SMILES string of the molecule is C#CCC1C(=O)NC(C)C(=O)N2CC(C)CC2C(=O)OCC(NC(=O)C(Cc2ccccc2)NC(=O)Nc2ccccc2)C(=O)N2CCCC2C(=O)N1C. The predicted molar refractivity (Wildman–Crippen MR) is 197 cm³/mol. The van der Waals surface area contributed by atoms with Gasteiger partial charge in [0.25, 0.3) is 0 Å². The van der Waals surface area contributed by atoms with Gasteiger partial charge in [-0.25, -0.2) is 9.59 Å². The Kier molecular flexibility index (Phi) is 12.9. The first-order valence-corrected chi connectivity index (χ1v) is 18.1. The Hall–Kier alpha value is -5.91. The number of cyclic esters (lactones) is 1. The number of hydrogen-bond donors (Lipinski definition) is 4. The molecule has 0 saturated carbocycles.